The Morgan fingerprint density at radius 2 is 1.78 bits per heavy atom. The molecule has 0 aliphatic carbocycles. The van der Waals surface area contributed by atoms with E-state index >= 15 is 0 Å². The van der Waals surface area contributed by atoms with E-state index in [2.05, 4.69) is 9.88 Å². The molecule has 3 aliphatic rings. The maximum atomic E-state index is 12.8. The molecule has 1 aromatic rings. The van der Waals surface area contributed by atoms with Crippen LogP contribution in [-0.4, -0.2) is 90.6 Å². The molecular formula is C24H37N5O3. The molecule has 3 fully saturated rings. The summed E-state index contributed by atoms with van der Waals surface area (Å²) >= 11 is 0. The fourth-order valence-electron chi connectivity index (χ4n) is 4.94. The molecule has 32 heavy (non-hydrogen) atoms. The summed E-state index contributed by atoms with van der Waals surface area (Å²) in [5.41, 5.74) is 0. The average Bonchev–Trinajstić information content (AvgIpc) is 2.87. The SMILES string of the molecule is O=C(CC[C@@H]1CCCN(C(=O)CCN2CCCCO2)C1)N1CCN(c2ccccn2)CC1. The second-order valence-corrected chi connectivity index (χ2v) is 9.16. The molecule has 0 aromatic carbocycles. The van der Waals surface area contributed by atoms with Crippen molar-refractivity contribution in [3.8, 4) is 0 Å². The number of hydrogen-bond acceptors (Lipinski definition) is 6. The molecule has 4 heterocycles. The lowest BCUT2D eigenvalue weighted by molar-refractivity contribution is -0.182. The molecule has 0 saturated carbocycles. The molecule has 4 rings (SSSR count). The maximum absolute atomic E-state index is 12.8. The second-order valence-electron chi connectivity index (χ2n) is 9.16. The van der Waals surface area contributed by atoms with Crippen LogP contribution in [0.5, 0.6) is 0 Å². The van der Waals surface area contributed by atoms with Crippen LogP contribution in [0.15, 0.2) is 24.4 Å². The Morgan fingerprint density at radius 3 is 2.53 bits per heavy atom. The monoisotopic (exact) mass is 443 g/mol. The average molecular weight is 444 g/mol. The Kier molecular flexibility index (Phi) is 8.34. The molecule has 1 atom stereocenters. The van der Waals surface area contributed by atoms with Gasteiger partial charge in [0.1, 0.15) is 5.82 Å². The van der Waals surface area contributed by atoms with E-state index in [1.54, 1.807) is 0 Å². The smallest absolute Gasteiger partial charge is 0.223 e. The summed E-state index contributed by atoms with van der Waals surface area (Å²) < 4.78 is 0. The molecule has 2 amide bonds. The molecule has 1 aromatic heterocycles. The van der Waals surface area contributed by atoms with Gasteiger partial charge < -0.3 is 14.7 Å². The van der Waals surface area contributed by atoms with E-state index in [0.29, 0.717) is 25.3 Å². The molecular weight excluding hydrogens is 406 g/mol. The normalized spacial score (nSPS) is 22.8. The van der Waals surface area contributed by atoms with Crippen molar-refractivity contribution < 1.29 is 14.4 Å². The molecule has 0 unspecified atom stereocenters. The number of amides is 2. The Labute approximate surface area is 191 Å². The minimum Gasteiger partial charge on any atom is -0.353 e. The van der Waals surface area contributed by atoms with Crippen LogP contribution in [0.25, 0.3) is 0 Å². The fourth-order valence-corrected chi connectivity index (χ4v) is 4.94. The first-order chi connectivity index (χ1) is 15.7. The van der Waals surface area contributed by atoms with Crippen LogP contribution < -0.4 is 4.90 Å². The van der Waals surface area contributed by atoms with Crippen molar-refractivity contribution >= 4 is 17.6 Å². The van der Waals surface area contributed by atoms with E-state index in [9.17, 15) is 9.59 Å². The number of carbonyl (C=O) groups is 2. The van der Waals surface area contributed by atoms with Crippen molar-refractivity contribution in [3.63, 3.8) is 0 Å². The lowest BCUT2D eigenvalue weighted by Gasteiger charge is -2.36. The fraction of sp³-hybridized carbons (Fsp3) is 0.708. The lowest BCUT2D eigenvalue weighted by Crippen LogP contribution is -2.49. The molecule has 8 nitrogen and oxygen atoms in total. The number of carbonyl (C=O) groups excluding carboxylic acids is 2. The zero-order chi connectivity index (χ0) is 22.2. The van der Waals surface area contributed by atoms with Gasteiger partial charge in [0, 0.05) is 71.4 Å². The van der Waals surface area contributed by atoms with Crippen molar-refractivity contribution in [2.75, 3.05) is 63.9 Å². The van der Waals surface area contributed by atoms with Gasteiger partial charge in [0.15, 0.2) is 0 Å². The van der Waals surface area contributed by atoms with Crippen LogP contribution in [0.4, 0.5) is 5.82 Å². The Hall–Kier alpha value is -2.19. The molecule has 0 bridgehead atoms. The van der Waals surface area contributed by atoms with Crippen LogP contribution in [-0.2, 0) is 14.4 Å². The van der Waals surface area contributed by atoms with Crippen molar-refractivity contribution in [1.82, 2.24) is 19.8 Å². The van der Waals surface area contributed by atoms with Gasteiger partial charge in [-0.2, -0.15) is 5.06 Å². The van der Waals surface area contributed by atoms with E-state index in [1.165, 1.54) is 0 Å². The van der Waals surface area contributed by atoms with Gasteiger partial charge in [0.05, 0.1) is 6.61 Å². The van der Waals surface area contributed by atoms with Gasteiger partial charge in [-0.05, 0) is 50.2 Å². The van der Waals surface area contributed by atoms with Crippen LogP contribution in [0.3, 0.4) is 0 Å². The van der Waals surface area contributed by atoms with E-state index in [0.717, 1.165) is 90.3 Å². The third-order valence-corrected chi connectivity index (χ3v) is 6.89. The molecule has 0 N–H and O–H groups in total. The highest BCUT2D eigenvalue weighted by Crippen LogP contribution is 2.23. The minimum atomic E-state index is 0.223. The zero-order valence-corrected chi connectivity index (χ0v) is 19.2. The second kappa shape index (κ2) is 11.6. The Bertz CT molecular complexity index is 732. The predicted octanol–water partition coefficient (Wildman–Crippen LogP) is 2.17. The number of pyridine rings is 1. The van der Waals surface area contributed by atoms with Crippen molar-refractivity contribution in [3.05, 3.63) is 24.4 Å². The number of piperidine rings is 1. The van der Waals surface area contributed by atoms with Crippen LogP contribution >= 0.6 is 0 Å². The summed E-state index contributed by atoms with van der Waals surface area (Å²) in [6.07, 6.45) is 8.19. The van der Waals surface area contributed by atoms with Crippen molar-refractivity contribution in [2.45, 2.75) is 44.9 Å². The van der Waals surface area contributed by atoms with Gasteiger partial charge in [-0.15, -0.1) is 0 Å². The van der Waals surface area contributed by atoms with E-state index in [-0.39, 0.29) is 11.8 Å². The quantitative estimate of drug-likeness (QED) is 0.643. The lowest BCUT2D eigenvalue weighted by atomic mass is 9.93. The Balaban J connectivity index is 1.15. The van der Waals surface area contributed by atoms with Gasteiger partial charge >= 0.3 is 0 Å². The molecule has 3 aliphatic heterocycles. The number of hydroxylamine groups is 2. The highest BCUT2D eigenvalue weighted by atomic mass is 16.7. The van der Waals surface area contributed by atoms with Crippen LogP contribution in [0, 0.1) is 5.92 Å². The highest BCUT2D eigenvalue weighted by Gasteiger charge is 2.26. The number of anilines is 1. The zero-order valence-electron chi connectivity index (χ0n) is 19.2. The third-order valence-electron chi connectivity index (χ3n) is 6.89. The van der Waals surface area contributed by atoms with E-state index in [1.807, 2.05) is 39.3 Å². The molecule has 0 spiro atoms. The number of nitrogens with zero attached hydrogens (tertiary/aromatic N) is 5. The topological polar surface area (TPSA) is 69.2 Å². The molecule has 176 valence electrons. The molecule has 0 radical (unpaired) electrons. The van der Waals surface area contributed by atoms with E-state index in [4.69, 9.17) is 4.84 Å². The maximum Gasteiger partial charge on any atom is 0.223 e. The first-order valence-electron chi connectivity index (χ1n) is 12.3. The summed E-state index contributed by atoms with van der Waals surface area (Å²) in [6.45, 7) is 7.18. The predicted molar refractivity (Wildman–Crippen MR) is 123 cm³/mol. The third kappa shape index (κ3) is 6.42. The van der Waals surface area contributed by atoms with Gasteiger partial charge in [-0.3, -0.25) is 14.4 Å². The summed E-state index contributed by atoms with van der Waals surface area (Å²) in [5.74, 6) is 1.88. The minimum absolute atomic E-state index is 0.223. The number of hydrogen-bond donors (Lipinski definition) is 0. The van der Waals surface area contributed by atoms with Crippen LogP contribution in [0.1, 0.15) is 44.9 Å². The standard InChI is InChI=1S/C24H37N5O3/c30-23(27-17-15-26(16-18-27)22-7-1-2-11-25-22)9-8-21-6-5-12-28(20-21)24(31)10-14-29-13-3-4-19-32-29/h1-2,7,11,21H,3-6,8-10,12-20H2/t21-/m0/s1. The Morgan fingerprint density at radius 1 is 0.938 bits per heavy atom. The first-order valence-corrected chi connectivity index (χ1v) is 12.3. The highest BCUT2D eigenvalue weighted by molar-refractivity contribution is 5.77. The van der Waals surface area contributed by atoms with Gasteiger partial charge in [0.2, 0.25) is 11.8 Å². The van der Waals surface area contributed by atoms with Crippen molar-refractivity contribution in [2.24, 2.45) is 5.92 Å². The summed E-state index contributed by atoms with van der Waals surface area (Å²) in [6, 6.07) is 5.94. The molecule has 8 heteroatoms. The van der Waals surface area contributed by atoms with Crippen LogP contribution in [0.2, 0.25) is 0 Å². The van der Waals surface area contributed by atoms with Gasteiger partial charge in [0.25, 0.3) is 0 Å². The largest absolute Gasteiger partial charge is 0.353 e. The van der Waals surface area contributed by atoms with Gasteiger partial charge in [-0.25, -0.2) is 4.98 Å². The van der Waals surface area contributed by atoms with Crippen molar-refractivity contribution in [1.29, 1.82) is 0 Å². The van der Waals surface area contributed by atoms with E-state index < -0.39 is 0 Å². The number of aromatic nitrogens is 1. The number of piperazine rings is 1. The number of likely N-dealkylation sites (tertiary alicyclic amines) is 1. The van der Waals surface area contributed by atoms with Gasteiger partial charge in [-0.1, -0.05) is 6.07 Å². The summed E-state index contributed by atoms with van der Waals surface area (Å²) in [5, 5.41) is 1.94. The first kappa shape index (κ1) is 23.0. The molecule has 3 saturated heterocycles. The summed E-state index contributed by atoms with van der Waals surface area (Å²) in [7, 11) is 0. The summed E-state index contributed by atoms with van der Waals surface area (Å²) in [4.78, 5) is 41.7. The number of rotatable bonds is 7.